The second-order valence-electron chi connectivity index (χ2n) is 6.41. The fourth-order valence-electron chi connectivity index (χ4n) is 3.57. The summed E-state index contributed by atoms with van der Waals surface area (Å²) in [6.45, 7) is 0. The van der Waals surface area contributed by atoms with Crippen LogP contribution in [0.5, 0.6) is 5.75 Å². The van der Waals surface area contributed by atoms with E-state index in [4.69, 9.17) is 17.2 Å². The van der Waals surface area contributed by atoms with Crippen LogP contribution in [0.3, 0.4) is 0 Å². The molecule has 27 heavy (non-hydrogen) atoms. The van der Waals surface area contributed by atoms with Crippen molar-refractivity contribution in [3.05, 3.63) is 23.8 Å². The average molecular weight is 384 g/mol. The van der Waals surface area contributed by atoms with Crippen molar-refractivity contribution in [3.63, 3.8) is 0 Å². The van der Waals surface area contributed by atoms with Crippen molar-refractivity contribution in [2.75, 3.05) is 4.90 Å². The molecule has 0 saturated heterocycles. The van der Waals surface area contributed by atoms with Crippen LogP contribution in [0, 0.1) is 0 Å². The van der Waals surface area contributed by atoms with E-state index in [1.165, 1.54) is 4.90 Å². The molecule has 0 aromatic heterocycles. The summed E-state index contributed by atoms with van der Waals surface area (Å²) in [5.41, 5.74) is 16.3. The van der Waals surface area contributed by atoms with Crippen molar-refractivity contribution in [1.82, 2.24) is 0 Å². The van der Waals surface area contributed by atoms with Gasteiger partial charge in [0.25, 0.3) is 5.91 Å². The number of aliphatic imine (C=N–C) groups is 2. The Labute approximate surface area is 152 Å². The molecule has 1 amide bonds. The number of halogens is 3. The maximum atomic E-state index is 12.6. The number of nitrogens with two attached hydrogens (primary N) is 3. The van der Waals surface area contributed by atoms with E-state index in [1.54, 1.807) is 0 Å². The first-order valence-electron chi connectivity index (χ1n) is 8.31. The zero-order valence-electron chi connectivity index (χ0n) is 14.3. The number of hydrogen-bond acceptors (Lipinski definition) is 7. The van der Waals surface area contributed by atoms with Gasteiger partial charge in [0.2, 0.25) is 11.9 Å². The van der Waals surface area contributed by atoms with Crippen LogP contribution < -0.4 is 26.8 Å². The number of primary amides is 1. The van der Waals surface area contributed by atoms with Gasteiger partial charge in [-0.05, 0) is 37.8 Å². The molecule has 1 aromatic carbocycles. The molecule has 0 atom stereocenters. The number of guanidine groups is 2. The van der Waals surface area contributed by atoms with E-state index >= 15 is 0 Å². The highest BCUT2D eigenvalue weighted by molar-refractivity contribution is 6.09. The Balaban J connectivity index is 2.15. The molecule has 0 radical (unpaired) electrons. The number of carbonyl (C=O) groups is 1. The van der Waals surface area contributed by atoms with Gasteiger partial charge in [0.15, 0.2) is 0 Å². The normalized spacial score (nSPS) is 19.4. The number of alkyl halides is 3. The van der Waals surface area contributed by atoms with Gasteiger partial charge in [-0.2, -0.15) is 4.99 Å². The zero-order valence-corrected chi connectivity index (χ0v) is 14.3. The highest BCUT2D eigenvalue weighted by atomic mass is 19.4. The van der Waals surface area contributed by atoms with Crippen LogP contribution in [-0.4, -0.2) is 29.9 Å². The first-order chi connectivity index (χ1) is 12.6. The minimum absolute atomic E-state index is 0.0195. The summed E-state index contributed by atoms with van der Waals surface area (Å²) in [6, 6.07) is 3.23. The number of carbonyl (C=O) groups excluding carboxylic acids is 1. The van der Waals surface area contributed by atoms with E-state index in [9.17, 15) is 18.0 Å². The number of rotatable bonds is 3. The maximum absolute atomic E-state index is 12.6. The quantitative estimate of drug-likeness (QED) is 0.731. The van der Waals surface area contributed by atoms with Gasteiger partial charge in [-0.25, -0.2) is 4.99 Å². The van der Waals surface area contributed by atoms with Crippen LogP contribution in [0.15, 0.2) is 28.2 Å². The third-order valence-electron chi connectivity index (χ3n) is 4.56. The van der Waals surface area contributed by atoms with Gasteiger partial charge in [0, 0.05) is 6.07 Å². The van der Waals surface area contributed by atoms with Gasteiger partial charge in [-0.3, -0.25) is 9.69 Å². The van der Waals surface area contributed by atoms with Crippen molar-refractivity contribution in [2.45, 2.75) is 44.1 Å². The first-order valence-corrected chi connectivity index (χ1v) is 8.31. The molecule has 1 heterocycles. The molecule has 146 valence electrons. The lowest BCUT2D eigenvalue weighted by Crippen LogP contribution is -2.58. The van der Waals surface area contributed by atoms with E-state index < -0.39 is 23.7 Å². The summed E-state index contributed by atoms with van der Waals surface area (Å²) in [5, 5.41) is 0. The molecule has 8 nitrogen and oxygen atoms in total. The van der Waals surface area contributed by atoms with E-state index in [0.29, 0.717) is 12.8 Å². The van der Waals surface area contributed by atoms with Crippen LogP contribution in [0.25, 0.3) is 0 Å². The van der Waals surface area contributed by atoms with Crippen LogP contribution in [0.4, 0.5) is 18.9 Å². The number of hydrogen-bond donors (Lipinski definition) is 3. The molecule has 1 fully saturated rings. The minimum atomic E-state index is -4.89. The Kier molecular flexibility index (Phi) is 4.62. The number of nitrogens with zero attached hydrogens (tertiary/aromatic N) is 3. The summed E-state index contributed by atoms with van der Waals surface area (Å²) in [7, 11) is 0. The zero-order chi connectivity index (χ0) is 19.8. The maximum Gasteiger partial charge on any atom is 0.573 e. The van der Waals surface area contributed by atoms with Crippen molar-refractivity contribution < 1.29 is 22.7 Å². The van der Waals surface area contributed by atoms with Gasteiger partial charge in [-0.15, -0.1) is 13.2 Å². The molecule has 6 N–H and O–H groups in total. The number of benzene rings is 1. The van der Waals surface area contributed by atoms with E-state index in [2.05, 4.69) is 14.7 Å². The lowest BCUT2D eigenvalue weighted by Gasteiger charge is -2.46. The molecule has 2 aliphatic rings. The molecule has 11 heteroatoms. The fourth-order valence-corrected chi connectivity index (χ4v) is 3.57. The molecule has 1 aliphatic heterocycles. The Morgan fingerprint density at radius 2 is 1.85 bits per heavy atom. The summed E-state index contributed by atoms with van der Waals surface area (Å²) in [4.78, 5) is 21.7. The van der Waals surface area contributed by atoms with Gasteiger partial charge in [0.1, 0.15) is 11.4 Å². The second-order valence-corrected chi connectivity index (χ2v) is 6.41. The highest BCUT2D eigenvalue weighted by Gasteiger charge is 2.44. The molecule has 0 bridgehead atoms. The summed E-state index contributed by atoms with van der Waals surface area (Å²) < 4.78 is 41.9. The molecular weight excluding hydrogens is 365 g/mol. The molecule has 0 unspecified atom stereocenters. The van der Waals surface area contributed by atoms with E-state index in [0.717, 1.165) is 37.5 Å². The molecule has 1 spiro atoms. The van der Waals surface area contributed by atoms with Crippen LogP contribution in [0.2, 0.25) is 0 Å². The van der Waals surface area contributed by atoms with Crippen molar-refractivity contribution in [3.8, 4) is 5.75 Å². The van der Waals surface area contributed by atoms with Crippen LogP contribution in [0.1, 0.15) is 42.5 Å². The van der Waals surface area contributed by atoms with E-state index in [-0.39, 0.29) is 23.2 Å². The summed E-state index contributed by atoms with van der Waals surface area (Å²) >= 11 is 0. The first kappa shape index (κ1) is 18.8. The second kappa shape index (κ2) is 6.63. The van der Waals surface area contributed by atoms with Crippen LogP contribution in [-0.2, 0) is 0 Å². The summed E-state index contributed by atoms with van der Waals surface area (Å²) in [5.74, 6) is -1.43. The number of anilines is 1. The van der Waals surface area contributed by atoms with Crippen LogP contribution >= 0.6 is 0 Å². The third-order valence-corrected chi connectivity index (χ3v) is 4.56. The van der Waals surface area contributed by atoms with Crippen molar-refractivity contribution >= 4 is 23.5 Å². The SMILES string of the molecule is NC(=O)c1ccc(OC(F)(F)F)cc1N1C(N)=NC(N)=NC12CCCCC2. The summed E-state index contributed by atoms with van der Waals surface area (Å²) in [6.07, 6.45) is -1.20. The largest absolute Gasteiger partial charge is 0.573 e. The van der Waals surface area contributed by atoms with E-state index in [1.807, 2.05) is 0 Å². The minimum Gasteiger partial charge on any atom is -0.406 e. The molecule has 1 saturated carbocycles. The Morgan fingerprint density at radius 1 is 1.19 bits per heavy atom. The lowest BCUT2D eigenvalue weighted by molar-refractivity contribution is -0.274. The van der Waals surface area contributed by atoms with Crippen molar-refractivity contribution in [2.24, 2.45) is 27.2 Å². The molecular formula is C16H19F3N6O2. The number of amides is 1. The van der Waals surface area contributed by atoms with Gasteiger partial charge < -0.3 is 21.9 Å². The van der Waals surface area contributed by atoms with Gasteiger partial charge >= 0.3 is 6.36 Å². The predicted molar refractivity (Wildman–Crippen MR) is 93.2 cm³/mol. The smallest absolute Gasteiger partial charge is 0.406 e. The highest BCUT2D eigenvalue weighted by Crippen LogP contribution is 2.42. The lowest BCUT2D eigenvalue weighted by atomic mass is 9.87. The third kappa shape index (κ3) is 3.76. The Bertz CT molecular complexity index is 815. The van der Waals surface area contributed by atoms with Gasteiger partial charge in [0.05, 0.1) is 11.3 Å². The molecule has 1 aliphatic carbocycles. The monoisotopic (exact) mass is 384 g/mol. The van der Waals surface area contributed by atoms with Crippen molar-refractivity contribution in [1.29, 1.82) is 0 Å². The Hall–Kier alpha value is -2.98. The standard InChI is InChI=1S/C16H19F3N6O2/c17-16(18,19)27-9-4-5-10(12(20)26)11(8-9)25-14(22)23-13(21)24-15(25)6-2-1-3-7-15/h4-5,8H,1-3,6-7H2,(H2,20,26)(H4,21,22,23,24). The van der Waals surface area contributed by atoms with Gasteiger partial charge in [-0.1, -0.05) is 6.42 Å². The molecule has 3 rings (SSSR count). The average Bonchev–Trinajstić information content (AvgIpc) is 2.53. The fraction of sp³-hybridized carbons (Fsp3) is 0.438. The topological polar surface area (TPSA) is 132 Å². The number of ether oxygens (including phenoxy) is 1. The predicted octanol–water partition coefficient (Wildman–Crippen LogP) is 1.79. The Morgan fingerprint density at radius 3 is 2.44 bits per heavy atom. The molecule has 1 aromatic rings.